The van der Waals surface area contributed by atoms with Crippen LogP contribution in [0.5, 0.6) is 11.5 Å². The molecule has 0 aliphatic carbocycles. The number of methoxy groups -OCH3 is 2. The predicted molar refractivity (Wildman–Crippen MR) is 122 cm³/mol. The Kier molecular flexibility index (Phi) is 5.61. The first-order valence-corrected chi connectivity index (χ1v) is 9.90. The SMILES string of the molecule is COc1ccc2cc(C#CSC#Cc3ccc4cc(OC)ccc4c3)ccc2c1. The summed E-state index contributed by atoms with van der Waals surface area (Å²) in [6, 6.07) is 24.3. The number of fused-ring (bicyclic) bond motifs is 2. The molecular formula is C26H18O2S. The number of rotatable bonds is 2. The van der Waals surface area contributed by atoms with Crippen molar-refractivity contribution in [3.63, 3.8) is 0 Å². The number of ether oxygens (including phenoxy) is 2. The molecule has 0 aromatic heterocycles. The van der Waals surface area contributed by atoms with Gasteiger partial charge < -0.3 is 9.47 Å². The van der Waals surface area contributed by atoms with Gasteiger partial charge in [0.15, 0.2) is 0 Å². The Morgan fingerprint density at radius 1 is 0.552 bits per heavy atom. The molecule has 4 aromatic carbocycles. The summed E-state index contributed by atoms with van der Waals surface area (Å²) in [7, 11) is 3.35. The average molecular weight is 394 g/mol. The minimum Gasteiger partial charge on any atom is -0.497 e. The van der Waals surface area contributed by atoms with Crippen molar-refractivity contribution in [3.05, 3.63) is 83.9 Å². The van der Waals surface area contributed by atoms with Crippen LogP contribution in [0.25, 0.3) is 21.5 Å². The van der Waals surface area contributed by atoms with Gasteiger partial charge in [0.1, 0.15) is 11.5 Å². The van der Waals surface area contributed by atoms with Gasteiger partial charge in [-0.2, -0.15) is 0 Å². The minimum atomic E-state index is 0.856. The van der Waals surface area contributed by atoms with E-state index in [1.807, 2.05) is 48.5 Å². The molecule has 0 radical (unpaired) electrons. The van der Waals surface area contributed by atoms with Crippen molar-refractivity contribution in [1.29, 1.82) is 0 Å². The standard InChI is InChI=1S/C26H18O2S/c1-27-25-9-7-21-15-19(3-5-23(21)17-25)11-13-29-14-12-20-4-6-24-18-26(28-2)10-8-22(24)16-20/h3-10,15-18H,1-2H3. The van der Waals surface area contributed by atoms with Gasteiger partial charge in [-0.15, -0.1) is 0 Å². The molecule has 0 heterocycles. The van der Waals surface area contributed by atoms with Crippen molar-refractivity contribution < 1.29 is 9.47 Å². The zero-order chi connectivity index (χ0) is 20.1. The number of thioether (sulfide) groups is 1. The van der Waals surface area contributed by atoms with Gasteiger partial charge in [0.2, 0.25) is 0 Å². The van der Waals surface area contributed by atoms with Crippen molar-refractivity contribution in [2.75, 3.05) is 14.2 Å². The Morgan fingerprint density at radius 3 is 1.41 bits per heavy atom. The first-order chi connectivity index (χ1) is 14.2. The van der Waals surface area contributed by atoms with E-state index in [1.165, 1.54) is 11.8 Å². The molecule has 4 rings (SSSR count). The summed E-state index contributed by atoms with van der Waals surface area (Å²) in [5.41, 5.74) is 1.94. The van der Waals surface area contributed by atoms with E-state index in [0.717, 1.165) is 44.2 Å². The Balaban J connectivity index is 1.46. The van der Waals surface area contributed by atoms with Crippen LogP contribution in [0.4, 0.5) is 0 Å². The van der Waals surface area contributed by atoms with E-state index in [0.29, 0.717) is 0 Å². The Labute approximate surface area is 174 Å². The minimum absolute atomic E-state index is 0.856. The second-order valence-electron chi connectivity index (χ2n) is 6.41. The first-order valence-electron chi connectivity index (χ1n) is 9.09. The highest BCUT2D eigenvalue weighted by Crippen LogP contribution is 2.22. The topological polar surface area (TPSA) is 18.5 Å². The first kappa shape index (κ1) is 18.8. The van der Waals surface area contributed by atoms with Crippen LogP contribution in [-0.4, -0.2) is 14.2 Å². The summed E-state index contributed by atoms with van der Waals surface area (Å²) in [4.78, 5) is 0. The molecule has 29 heavy (non-hydrogen) atoms. The molecule has 2 nitrogen and oxygen atoms in total. The highest BCUT2D eigenvalue weighted by Gasteiger charge is 1.98. The van der Waals surface area contributed by atoms with Crippen LogP contribution in [0, 0.1) is 22.3 Å². The summed E-state index contributed by atoms with van der Waals surface area (Å²) in [5.74, 6) is 8.03. The number of hydrogen-bond acceptors (Lipinski definition) is 3. The second-order valence-corrected chi connectivity index (χ2v) is 7.02. The van der Waals surface area contributed by atoms with Gasteiger partial charge >= 0.3 is 0 Å². The lowest BCUT2D eigenvalue weighted by atomic mass is 10.1. The van der Waals surface area contributed by atoms with E-state index in [-0.39, 0.29) is 0 Å². The van der Waals surface area contributed by atoms with E-state index in [9.17, 15) is 0 Å². The maximum absolute atomic E-state index is 5.26. The summed E-state index contributed by atoms with van der Waals surface area (Å²) in [5, 5.41) is 10.7. The smallest absolute Gasteiger partial charge is 0.119 e. The monoisotopic (exact) mass is 394 g/mol. The molecule has 0 atom stereocenters. The molecule has 0 spiro atoms. The van der Waals surface area contributed by atoms with Crippen LogP contribution in [0.1, 0.15) is 11.1 Å². The molecule has 0 aliphatic rings. The Morgan fingerprint density at radius 2 is 0.966 bits per heavy atom. The van der Waals surface area contributed by atoms with E-state index in [1.54, 1.807) is 14.2 Å². The second kappa shape index (κ2) is 8.65. The molecule has 0 amide bonds. The fraction of sp³-hybridized carbons (Fsp3) is 0.0769. The number of hydrogen-bond donors (Lipinski definition) is 0. The zero-order valence-corrected chi connectivity index (χ0v) is 17.0. The molecule has 0 saturated heterocycles. The summed E-state index contributed by atoms with van der Waals surface area (Å²) in [6.45, 7) is 0. The van der Waals surface area contributed by atoms with Gasteiger partial charge in [0.05, 0.1) is 14.2 Å². The van der Waals surface area contributed by atoms with Gasteiger partial charge in [0.25, 0.3) is 0 Å². The Bertz CT molecular complexity index is 1210. The summed E-state index contributed by atoms with van der Waals surface area (Å²) in [6.07, 6.45) is 0. The van der Waals surface area contributed by atoms with Crippen molar-refractivity contribution in [1.82, 2.24) is 0 Å². The molecule has 140 valence electrons. The van der Waals surface area contributed by atoms with Crippen LogP contribution in [-0.2, 0) is 0 Å². The quantitative estimate of drug-likeness (QED) is 0.385. The molecule has 0 saturated carbocycles. The van der Waals surface area contributed by atoms with Crippen molar-refractivity contribution in [3.8, 4) is 33.8 Å². The predicted octanol–water partition coefficient (Wildman–Crippen LogP) is 6.06. The third-order valence-electron chi connectivity index (χ3n) is 4.59. The molecule has 0 fully saturated rings. The van der Waals surface area contributed by atoms with Crippen molar-refractivity contribution >= 4 is 33.3 Å². The Hall–Kier alpha value is -3.53. The van der Waals surface area contributed by atoms with E-state index in [4.69, 9.17) is 9.47 Å². The number of benzene rings is 4. The fourth-order valence-electron chi connectivity index (χ4n) is 3.05. The van der Waals surface area contributed by atoms with Crippen molar-refractivity contribution in [2.24, 2.45) is 0 Å². The van der Waals surface area contributed by atoms with Gasteiger partial charge in [-0.3, -0.25) is 0 Å². The van der Waals surface area contributed by atoms with E-state index in [2.05, 4.69) is 46.6 Å². The lowest BCUT2D eigenvalue weighted by Gasteiger charge is -2.02. The highest BCUT2D eigenvalue weighted by atomic mass is 32.2. The fourth-order valence-corrected chi connectivity index (χ4v) is 3.44. The summed E-state index contributed by atoms with van der Waals surface area (Å²) < 4.78 is 10.5. The molecule has 0 N–H and O–H groups in total. The lowest BCUT2D eigenvalue weighted by molar-refractivity contribution is 0.415. The molecule has 3 heteroatoms. The van der Waals surface area contributed by atoms with Crippen LogP contribution in [0.2, 0.25) is 0 Å². The molecular weight excluding hydrogens is 376 g/mol. The molecule has 0 bridgehead atoms. The zero-order valence-electron chi connectivity index (χ0n) is 16.2. The van der Waals surface area contributed by atoms with Gasteiger partial charge in [-0.1, -0.05) is 36.1 Å². The third-order valence-corrected chi connectivity index (χ3v) is 5.00. The maximum atomic E-state index is 5.26. The van der Waals surface area contributed by atoms with Gasteiger partial charge in [0, 0.05) is 22.9 Å². The largest absolute Gasteiger partial charge is 0.497 e. The van der Waals surface area contributed by atoms with Crippen LogP contribution >= 0.6 is 11.8 Å². The average Bonchev–Trinajstić information content (AvgIpc) is 2.78. The third kappa shape index (κ3) is 4.49. The van der Waals surface area contributed by atoms with E-state index >= 15 is 0 Å². The molecule has 0 unspecified atom stereocenters. The van der Waals surface area contributed by atoms with Crippen molar-refractivity contribution in [2.45, 2.75) is 0 Å². The molecule has 4 aromatic rings. The van der Waals surface area contributed by atoms with E-state index < -0.39 is 0 Å². The van der Waals surface area contributed by atoms with Crippen LogP contribution in [0.3, 0.4) is 0 Å². The van der Waals surface area contributed by atoms with Gasteiger partial charge in [-0.25, -0.2) is 0 Å². The van der Waals surface area contributed by atoms with Crippen LogP contribution in [0.15, 0.2) is 72.8 Å². The van der Waals surface area contributed by atoms with Gasteiger partial charge in [-0.05, 0) is 80.6 Å². The lowest BCUT2D eigenvalue weighted by Crippen LogP contribution is -1.83. The highest BCUT2D eigenvalue weighted by molar-refractivity contribution is 8.08. The maximum Gasteiger partial charge on any atom is 0.119 e. The van der Waals surface area contributed by atoms with Crippen LogP contribution < -0.4 is 9.47 Å². The summed E-state index contributed by atoms with van der Waals surface area (Å²) >= 11 is 1.30. The molecule has 0 aliphatic heterocycles. The normalized spacial score (nSPS) is 10.0.